The zero-order valence-electron chi connectivity index (χ0n) is 12.7. The summed E-state index contributed by atoms with van der Waals surface area (Å²) in [5.74, 6) is 0. The topological polar surface area (TPSA) is 87.5 Å². The summed E-state index contributed by atoms with van der Waals surface area (Å²) in [5, 5.41) is 16.9. The number of rotatable bonds is 5. The molecule has 1 aliphatic rings. The maximum Gasteiger partial charge on any atom is 0.322 e. The standard InChI is InChI=1S/C15H22N4O3/c1-2-10-18(13-6-8-16-9-7-13)15(20)17-12-4-3-5-14(11-12)19(21)22/h3-5,11,13,16H,2,6-10H2,1H3,(H,17,20). The number of non-ortho nitro benzene ring substituents is 1. The SMILES string of the molecule is CCCN(C(=O)Nc1cccc([N+](=O)[O-])c1)C1CCNCC1. The zero-order valence-corrected chi connectivity index (χ0v) is 12.7. The number of anilines is 1. The highest BCUT2D eigenvalue weighted by atomic mass is 16.6. The number of nitrogens with zero attached hydrogens (tertiary/aromatic N) is 2. The van der Waals surface area contributed by atoms with Gasteiger partial charge in [-0.2, -0.15) is 0 Å². The highest BCUT2D eigenvalue weighted by Crippen LogP contribution is 2.19. The second-order valence-electron chi connectivity index (χ2n) is 5.41. The van der Waals surface area contributed by atoms with Gasteiger partial charge in [-0.15, -0.1) is 0 Å². The molecule has 7 nitrogen and oxygen atoms in total. The van der Waals surface area contributed by atoms with Gasteiger partial charge in [0.2, 0.25) is 0 Å². The van der Waals surface area contributed by atoms with Gasteiger partial charge in [-0.3, -0.25) is 10.1 Å². The Kier molecular flexibility index (Phi) is 5.71. The molecule has 7 heteroatoms. The Hall–Kier alpha value is -2.15. The first kappa shape index (κ1) is 16.2. The summed E-state index contributed by atoms with van der Waals surface area (Å²) in [4.78, 5) is 24.7. The van der Waals surface area contributed by atoms with Crippen molar-refractivity contribution in [2.75, 3.05) is 25.0 Å². The fourth-order valence-electron chi connectivity index (χ4n) is 2.70. The van der Waals surface area contributed by atoms with Gasteiger partial charge in [0.25, 0.3) is 5.69 Å². The molecule has 0 unspecified atom stereocenters. The van der Waals surface area contributed by atoms with Crippen LogP contribution in [0.2, 0.25) is 0 Å². The average molecular weight is 306 g/mol. The van der Waals surface area contributed by atoms with Crippen LogP contribution >= 0.6 is 0 Å². The first-order valence-electron chi connectivity index (χ1n) is 7.64. The molecule has 0 aromatic heterocycles. The largest absolute Gasteiger partial charge is 0.322 e. The number of nitrogens with one attached hydrogen (secondary N) is 2. The number of carbonyl (C=O) groups excluding carboxylic acids is 1. The summed E-state index contributed by atoms with van der Waals surface area (Å²) >= 11 is 0. The minimum atomic E-state index is -0.466. The molecule has 0 aliphatic carbocycles. The van der Waals surface area contributed by atoms with Crippen molar-refractivity contribution in [2.24, 2.45) is 0 Å². The van der Waals surface area contributed by atoms with Gasteiger partial charge >= 0.3 is 6.03 Å². The van der Waals surface area contributed by atoms with Gasteiger partial charge in [0, 0.05) is 30.4 Å². The second kappa shape index (κ2) is 7.74. The summed E-state index contributed by atoms with van der Waals surface area (Å²) in [6, 6.07) is 6.06. The van der Waals surface area contributed by atoms with E-state index in [1.54, 1.807) is 12.1 Å². The Morgan fingerprint density at radius 1 is 1.45 bits per heavy atom. The number of piperidine rings is 1. The Labute approximate surface area is 129 Å². The normalized spacial score (nSPS) is 15.3. The number of benzene rings is 1. The molecule has 0 spiro atoms. The molecular formula is C15H22N4O3. The lowest BCUT2D eigenvalue weighted by Crippen LogP contribution is -2.48. The van der Waals surface area contributed by atoms with Crippen LogP contribution in [0.1, 0.15) is 26.2 Å². The molecule has 0 bridgehead atoms. The Morgan fingerprint density at radius 2 is 2.18 bits per heavy atom. The van der Waals surface area contributed by atoms with E-state index in [9.17, 15) is 14.9 Å². The van der Waals surface area contributed by atoms with Gasteiger partial charge in [0.05, 0.1) is 4.92 Å². The van der Waals surface area contributed by atoms with Crippen molar-refractivity contribution >= 4 is 17.4 Å². The van der Waals surface area contributed by atoms with Crippen molar-refractivity contribution < 1.29 is 9.72 Å². The van der Waals surface area contributed by atoms with E-state index in [0.717, 1.165) is 32.4 Å². The second-order valence-corrected chi connectivity index (χ2v) is 5.41. The minimum Gasteiger partial charge on any atom is -0.321 e. The summed E-state index contributed by atoms with van der Waals surface area (Å²) in [6.45, 7) is 4.55. The first-order valence-corrected chi connectivity index (χ1v) is 7.64. The van der Waals surface area contributed by atoms with Crippen LogP contribution in [0.4, 0.5) is 16.2 Å². The number of amides is 2. The van der Waals surface area contributed by atoms with Crippen LogP contribution in [0.25, 0.3) is 0 Å². The molecule has 1 fully saturated rings. The Bertz CT molecular complexity index is 529. The fourth-order valence-corrected chi connectivity index (χ4v) is 2.70. The van der Waals surface area contributed by atoms with E-state index in [4.69, 9.17) is 0 Å². The third-order valence-corrected chi connectivity index (χ3v) is 3.78. The number of carbonyl (C=O) groups is 1. The number of nitro groups is 1. The smallest absolute Gasteiger partial charge is 0.321 e. The van der Waals surface area contributed by atoms with Gasteiger partial charge in [0.1, 0.15) is 0 Å². The molecule has 1 heterocycles. The molecular weight excluding hydrogens is 284 g/mol. The average Bonchev–Trinajstić information content (AvgIpc) is 2.53. The predicted molar refractivity (Wildman–Crippen MR) is 85.0 cm³/mol. The van der Waals surface area contributed by atoms with Crippen LogP contribution in [0.5, 0.6) is 0 Å². The van der Waals surface area contributed by atoms with E-state index in [-0.39, 0.29) is 17.8 Å². The summed E-state index contributed by atoms with van der Waals surface area (Å²) in [7, 11) is 0. The maximum absolute atomic E-state index is 12.5. The van der Waals surface area contributed by atoms with Crippen molar-refractivity contribution in [1.29, 1.82) is 0 Å². The molecule has 120 valence electrons. The minimum absolute atomic E-state index is 0.0262. The first-order chi connectivity index (χ1) is 10.6. The van der Waals surface area contributed by atoms with E-state index in [0.29, 0.717) is 12.2 Å². The number of hydrogen-bond donors (Lipinski definition) is 2. The van der Waals surface area contributed by atoms with Gasteiger partial charge in [0.15, 0.2) is 0 Å². The molecule has 22 heavy (non-hydrogen) atoms. The Morgan fingerprint density at radius 3 is 2.82 bits per heavy atom. The molecule has 1 aliphatic heterocycles. The third-order valence-electron chi connectivity index (χ3n) is 3.78. The molecule has 1 aromatic carbocycles. The van der Waals surface area contributed by atoms with Crippen LogP contribution in [0.15, 0.2) is 24.3 Å². The molecule has 1 aromatic rings. The Balaban J connectivity index is 2.07. The van der Waals surface area contributed by atoms with Crippen molar-refractivity contribution in [3.05, 3.63) is 34.4 Å². The van der Waals surface area contributed by atoms with Crippen LogP contribution in [-0.4, -0.2) is 41.5 Å². The van der Waals surface area contributed by atoms with Gasteiger partial charge < -0.3 is 15.5 Å². The lowest BCUT2D eigenvalue weighted by molar-refractivity contribution is -0.384. The van der Waals surface area contributed by atoms with Gasteiger partial charge in [-0.1, -0.05) is 13.0 Å². The lowest BCUT2D eigenvalue weighted by atomic mass is 10.0. The van der Waals surface area contributed by atoms with Crippen molar-refractivity contribution in [3.8, 4) is 0 Å². The van der Waals surface area contributed by atoms with Crippen molar-refractivity contribution in [1.82, 2.24) is 10.2 Å². The quantitative estimate of drug-likeness (QED) is 0.646. The van der Waals surface area contributed by atoms with Crippen LogP contribution < -0.4 is 10.6 Å². The molecule has 0 atom stereocenters. The van der Waals surface area contributed by atoms with E-state index in [2.05, 4.69) is 10.6 Å². The van der Waals surface area contributed by atoms with Crippen LogP contribution in [0.3, 0.4) is 0 Å². The molecule has 0 radical (unpaired) electrons. The van der Waals surface area contributed by atoms with Crippen LogP contribution in [-0.2, 0) is 0 Å². The molecule has 1 saturated heterocycles. The summed E-state index contributed by atoms with van der Waals surface area (Å²) < 4.78 is 0. The van der Waals surface area contributed by atoms with Crippen molar-refractivity contribution in [3.63, 3.8) is 0 Å². The summed E-state index contributed by atoms with van der Waals surface area (Å²) in [5.41, 5.74) is 0.427. The predicted octanol–water partition coefficient (Wildman–Crippen LogP) is 2.59. The fraction of sp³-hybridized carbons (Fsp3) is 0.533. The highest BCUT2D eigenvalue weighted by molar-refractivity contribution is 5.89. The van der Waals surface area contributed by atoms with E-state index < -0.39 is 4.92 Å². The number of hydrogen-bond acceptors (Lipinski definition) is 4. The van der Waals surface area contributed by atoms with E-state index in [1.807, 2.05) is 11.8 Å². The maximum atomic E-state index is 12.5. The third kappa shape index (κ3) is 4.17. The molecule has 2 amide bonds. The molecule has 2 rings (SSSR count). The van der Waals surface area contributed by atoms with Gasteiger partial charge in [-0.05, 0) is 38.4 Å². The zero-order chi connectivity index (χ0) is 15.9. The molecule has 2 N–H and O–H groups in total. The van der Waals surface area contributed by atoms with E-state index >= 15 is 0 Å². The van der Waals surface area contributed by atoms with E-state index in [1.165, 1.54) is 12.1 Å². The van der Waals surface area contributed by atoms with Crippen LogP contribution in [0, 0.1) is 10.1 Å². The van der Waals surface area contributed by atoms with Gasteiger partial charge in [-0.25, -0.2) is 4.79 Å². The highest BCUT2D eigenvalue weighted by Gasteiger charge is 2.24. The number of urea groups is 1. The number of nitro benzene ring substituents is 1. The molecule has 0 saturated carbocycles. The summed E-state index contributed by atoms with van der Waals surface area (Å²) in [6.07, 6.45) is 2.75. The monoisotopic (exact) mass is 306 g/mol. The lowest BCUT2D eigenvalue weighted by Gasteiger charge is -2.34. The van der Waals surface area contributed by atoms with Crippen molar-refractivity contribution in [2.45, 2.75) is 32.2 Å².